The molecule has 1 atom stereocenters. The van der Waals surface area contributed by atoms with Crippen molar-refractivity contribution in [3.63, 3.8) is 0 Å². The molecule has 0 bridgehead atoms. The minimum Gasteiger partial charge on any atom is -0.258 e. The lowest BCUT2D eigenvalue weighted by molar-refractivity contribution is -0.384. The van der Waals surface area contributed by atoms with Gasteiger partial charge in [-0.25, -0.2) is 15.0 Å². The van der Waals surface area contributed by atoms with E-state index in [1.807, 2.05) is 0 Å². The highest BCUT2D eigenvalue weighted by atomic mass is 19.4. The number of alkyl halides is 3. The first-order chi connectivity index (χ1) is 10.8. The maximum absolute atomic E-state index is 13.6. The summed E-state index contributed by atoms with van der Waals surface area (Å²) in [4.78, 5) is 24.6. The van der Waals surface area contributed by atoms with Crippen LogP contribution in [0.3, 0.4) is 0 Å². The third-order valence-electron chi connectivity index (χ3n) is 3.32. The summed E-state index contributed by atoms with van der Waals surface area (Å²) in [6.07, 6.45) is -3.38. The van der Waals surface area contributed by atoms with Gasteiger partial charge in [-0.05, 0) is 5.56 Å². The molecule has 23 heavy (non-hydrogen) atoms. The minimum absolute atomic E-state index is 0.0976. The summed E-state index contributed by atoms with van der Waals surface area (Å²) in [5.41, 5.74) is -2.81. The van der Waals surface area contributed by atoms with Gasteiger partial charge in [0.1, 0.15) is 12.1 Å². The number of aliphatic imine (C=N–C) groups is 4. The molecule has 1 unspecified atom stereocenters. The molecular formula is C13H8F3N5O2. The summed E-state index contributed by atoms with van der Waals surface area (Å²) in [7, 11) is 0. The average Bonchev–Trinajstić information content (AvgIpc) is 2.93. The Hall–Kier alpha value is -2.91. The van der Waals surface area contributed by atoms with E-state index in [-0.39, 0.29) is 22.8 Å². The van der Waals surface area contributed by atoms with Gasteiger partial charge in [-0.1, -0.05) is 12.1 Å². The Labute approximate surface area is 127 Å². The van der Waals surface area contributed by atoms with Crippen molar-refractivity contribution in [2.45, 2.75) is 18.3 Å². The van der Waals surface area contributed by atoms with Crippen LogP contribution in [0.1, 0.15) is 5.56 Å². The molecule has 0 saturated carbocycles. The molecule has 0 fully saturated rings. The van der Waals surface area contributed by atoms with Crippen LogP contribution in [0, 0.1) is 10.1 Å². The number of halogens is 3. The zero-order valence-electron chi connectivity index (χ0n) is 11.4. The Morgan fingerprint density at radius 1 is 1.30 bits per heavy atom. The van der Waals surface area contributed by atoms with Crippen LogP contribution in [-0.4, -0.2) is 40.9 Å². The molecule has 2 aliphatic rings. The van der Waals surface area contributed by atoms with E-state index >= 15 is 0 Å². The van der Waals surface area contributed by atoms with Crippen molar-refractivity contribution >= 4 is 29.8 Å². The second-order valence-electron chi connectivity index (χ2n) is 4.87. The van der Waals surface area contributed by atoms with Crippen LogP contribution in [0.15, 0.2) is 44.2 Å². The number of hydrogen-bond donors (Lipinski definition) is 0. The Kier molecular flexibility index (Phi) is 3.31. The first kappa shape index (κ1) is 15.0. The number of amidine groups is 1. The molecule has 0 spiro atoms. The molecule has 118 valence electrons. The Balaban J connectivity index is 2.02. The summed E-state index contributed by atoms with van der Waals surface area (Å²) in [5, 5.41) is 10.8. The van der Waals surface area contributed by atoms with Crippen molar-refractivity contribution in [3.05, 3.63) is 39.9 Å². The van der Waals surface area contributed by atoms with Crippen molar-refractivity contribution in [1.29, 1.82) is 0 Å². The smallest absolute Gasteiger partial charge is 0.258 e. The number of hydrogen-bond acceptors (Lipinski definition) is 6. The zero-order chi connectivity index (χ0) is 16.7. The van der Waals surface area contributed by atoms with Crippen LogP contribution in [-0.2, 0) is 6.42 Å². The van der Waals surface area contributed by atoms with E-state index in [1.54, 1.807) is 0 Å². The summed E-state index contributed by atoms with van der Waals surface area (Å²) in [6, 6.07) is 4.95. The fourth-order valence-corrected chi connectivity index (χ4v) is 2.21. The molecule has 7 nitrogen and oxygen atoms in total. The maximum Gasteiger partial charge on any atom is 0.434 e. The molecule has 0 N–H and O–H groups in total. The molecule has 0 aliphatic carbocycles. The van der Waals surface area contributed by atoms with Crippen molar-refractivity contribution in [2.75, 3.05) is 0 Å². The molecule has 2 aliphatic heterocycles. The number of non-ortho nitro benzene ring substituents is 1. The second kappa shape index (κ2) is 5.07. The van der Waals surface area contributed by atoms with E-state index in [2.05, 4.69) is 20.0 Å². The van der Waals surface area contributed by atoms with E-state index in [0.29, 0.717) is 0 Å². The SMILES string of the molecule is O=[N+]([O-])c1cccc(CC2(C(F)(F)F)N=CC3=NC=NC3=N2)c1. The topological polar surface area (TPSA) is 92.6 Å². The maximum atomic E-state index is 13.6. The van der Waals surface area contributed by atoms with Gasteiger partial charge in [0.05, 0.1) is 11.1 Å². The van der Waals surface area contributed by atoms with E-state index in [0.717, 1.165) is 18.6 Å². The number of fused-ring (bicyclic) bond motifs is 1. The summed E-state index contributed by atoms with van der Waals surface area (Å²) in [5.74, 6) is -0.150. The lowest BCUT2D eigenvalue weighted by Crippen LogP contribution is -2.47. The molecule has 3 rings (SSSR count). The minimum atomic E-state index is -4.79. The number of rotatable bonds is 3. The first-order valence-electron chi connectivity index (χ1n) is 6.37. The van der Waals surface area contributed by atoms with Gasteiger partial charge in [-0.3, -0.25) is 15.1 Å². The second-order valence-corrected chi connectivity index (χ2v) is 4.87. The van der Waals surface area contributed by atoms with Crippen LogP contribution in [0.25, 0.3) is 0 Å². The van der Waals surface area contributed by atoms with Gasteiger partial charge >= 0.3 is 6.18 Å². The Morgan fingerprint density at radius 3 is 2.78 bits per heavy atom. The van der Waals surface area contributed by atoms with Crippen LogP contribution in [0.4, 0.5) is 18.9 Å². The van der Waals surface area contributed by atoms with Crippen LogP contribution in [0.2, 0.25) is 0 Å². The molecule has 0 aromatic heterocycles. The Morgan fingerprint density at radius 2 is 2.09 bits per heavy atom. The lowest BCUT2D eigenvalue weighted by atomic mass is 9.98. The highest BCUT2D eigenvalue weighted by Crippen LogP contribution is 2.39. The van der Waals surface area contributed by atoms with Crippen molar-refractivity contribution in [3.8, 4) is 0 Å². The van der Waals surface area contributed by atoms with Gasteiger partial charge in [0.25, 0.3) is 11.4 Å². The van der Waals surface area contributed by atoms with Gasteiger partial charge in [-0.15, -0.1) is 0 Å². The highest BCUT2D eigenvalue weighted by molar-refractivity contribution is 6.65. The number of nitrogens with zero attached hydrogens (tertiary/aromatic N) is 5. The van der Waals surface area contributed by atoms with Crippen molar-refractivity contribution in [2.24, 2.45) is 20.0 Å². The zero-order valence-corrected chi connectivity index (χ0v) is 11.4. The fourth-order valence-electron chi connectivity index (χ4n) is 2.21. The van der Waals surface area contributed by atoms with Gasteiger partial charge in [0.2, 0.25) is 0 Å². The number of nitro benzene ring substituents is 1. The molecule has 1 aromatic rings. The fraction of sp³-hybridized carbons (Fsp3) is 0.231. The third kappa shape index (κ3) is 2.62. The molecular weight excluding hydrogens is 315 g/mol. The Bertz CT molecular complexity index is 797. The molecule has 0 radical (unpaired) electrons. The quantitative estimate of drug-likeness (QED) is 0.631. The molecule has 0 saturated heterocycles. The summed E-state index contributed by atoms with van der Waals surface area (Å²) >= 11 is 0. The largest absolute Gasteiger partial charge is 0.434 e. The van der Waals surface area contributed by atoms with E-state index < -0.39 is 23.2 Å². The average molecular weight is 323 g/mol. The van der Waals surface area contributed by atoms with Crippen LogP contribution in [0.5, 0.6) is 0 Å². The van der Waals surface area contributed by atoms with Crippen LogP contribution >= 0.6 is 0 Å². The van der Waals surface area contributed by atoms with Crippen molar-refractivity contribution < 1.29 is 18.1 Å². The third-order valence-corrected chi connectivity index (χ3v) is 3.32. The van der Waals surface area contributed by atoms with E-state index in [1.165, 1.54) is 18.2 Å². The van der Waals surface area contributed by atoms with Gasteiger partial charge in [0.15, 0.2) is 5.84 Å². The van der Waals surface area contributed by atoms with Crippen LogP contribution < -0.4 is 0 Å². The number of nitro groups is 1. The first-order valence-corrected chi connectivity index (χ1v) is 6.37. The number of benzene rings is 1. The molecule has 0 amide bonds. The standard InChI is InChI=1S/C13H8F3N5O2/c14-13(15,16)12(19-6-10-11(20-12)18-7-17-10)5-8-2-1-3-9(4-8)21(22)23/h1-4,6-7H,5H2. The molecule has 2 heterocycles. The van der Waals surface area contributed by atoms with Gasteiger partial charge < -0.3 is 0 Å². The lowest BCUT2D eigenvalue weighted by Gasteiger charge is -2.30. The summed E-state index contributed by atoms with van der Waals surface area (Å²) in [6.45, 7) is 0. The highest BCUT2D eigenvalue weighted by Gasteiger charge is 2.56. The van der Waals surface area contributed by atoms with E-state index in [9.17, 15) is 23.3 Å². The predicted octanol–water partition coefficient (Wildman–Crippen LogP) is 2.36. The monoisotopic (exact) mass is 323 g/mol. The molecule has 10 heteroatoms. The van der Waals surface area contributed by atoms with E-state index in [4.69, 9.17) is 0 Å². The predicted molar refractivity (Wildman–Crippen MR) is 77.4 cm³/mol. The molecule has 1 aromatic carbocycles. The van der Waals surface area contributed by atoms with Gasteiger partial charge in [-0.2, -0.15) is 13.2 Å². The summed E-state index contributed by atoms with van der Waals surface area (Å²) < 4.78 is 40.7. The van der Waals surface area contributed by atoms with Crippen molar-refractivity contribution in [1.82, 2.24) is 0 Å². The van der Waals surface area contributed by atoms with Gasteiger partial charge in [0, 0.05) is 18.6 Å². The normalized spacial score (nSPS) is 22.6.